The van der Waals surface area contributed by atoms with E-state index in [2.05, 4.69) is 28.9 Å². The van der Waals surface area contributed by atoms with Gasteiger partial charge in [0.15, 0.2) is 0 Å². The molecule has 0 bridgehead atoms. The summed E-state index contributed by atoms with van der Waals surface area (Å²) in [5.74, 6) is -0.162. The van der Waals surface area contributed by atoms with Crippen LogP contribution < -0.4 is 15.0 Å². The van der Waals surface area contributed by atoms with Crippen LogP contribution in [-0.4, -0.2) is 51.9 Å². The molecular weight excluding hydrogens is 450 g/mol. The van der Waals surface area contributed by atoms with E-state index < -0.39 is 24.0 Å². The summed E-state index contributed by atoms with van der Waals surface area (Å²) in [7, 11) is 0. The summed E-state index contributed by atoms with van der Waals surface area (Å²) in [5.41, 5.74) is 2.33. The zero-order valence-electron chi connectivity index (χ0n) is 19.3. The lowest BCUT2D eigenvalue weighted by Gasteiger charge is -2.38. The van der Waals surface area contributed by atoms with Crippen molar-refractivity contribution in [2.45, 2.75) is 52.2 Å². The van der Waals surface area contributed by atoms with E-state index in [1.165, 1.54) is 6.07 Å². The van der Waals surface area contributed by atoms with Gasteiger partial charge in [-0.3, -0.25) is 4.90 Å². The molecule has 0 spiro atoms. The van der Waals surface area contributed by atoms with Crippen molar-refractivity contribution in [1.29, 1.82) is 0 Å². The van der Waals surface area contributed by atoms with Gasteiger partial charge in [0.1, 0.15) is 11.9 Å². The Hall–Kier alpha value is -2.43. The highest BCUT2D eigenvalue weighted by atomic mass is 32.2. The van der Waals surface area contributed by atoms with Crippen molar-refractivity contribution >= 4 is 28.8 Å². The fraction of sp³-hybridized carbons (Fsp3) is 0.478. The minimum Gasteiger partial charge on any atom is -0.598 e. The topological polar surface area (TPSA) is 80.8 Å². The Morgan fingerprint density at radius 3 is 2.52 bits per heavy atom. The number of carbonyl (C=O) groups excluding carboxylic acids is 1. The molecule has 3 rings (SSSR count). The number of carbonyl (C=O) groups is 1. The third-order valence-corrected chi connectivity index (χ3v) is 6.72. The van der Waals surface area contributed by atoms with Crippen LogP contribution in [0.3, 0.4) is 0 Å². The standard InChI is InChI=1S/C23H30F2N4O3S/c1-15(2)18-7-5-6-8-20(18)29(17-11-13-28(14-12-17)33(4)31)23(30)27-19-10-9-16(3)26-21(19)32-22(24)25/h5-10,15,17,22H,11-14H2,1-4H3,(H,27,30). The number of halogens is 2. The molecule has 1 aliphatic heterocycles. The molecular formula is C23H30F2N4O3S. The first-order valence-corrected chi connectivity index (χ1v) is 12.4. The summed E-state index contributed by atoms with van der Waals surface area (Å²) in [4.78, 5) is 19.3. The summed E-state index contributed by atoms with van der Waals surface area (Å²) in [6.45, 7) is 3.87. The highest BCUT2D eigenvalue weighted by Crippen LogP contribution is 2.33. The predicted molar refractivity (Wildman–Crippen MR) is 126 cm³/mol. The van der Waals surface area contributed by atoms with Gasteiger partial charge in [-0.05, 0) is 49.4 Å². The third-order valence-electron chi connectivity index (χ3n) is 5.63. The summed E-state index contributed by atoms with van der Waals surface area (Å²) in [6, 6.07) is 10.2. The van der Waals surface area contributed by atoms with E-state index in [1.807, 2.05) is 28.6 Å². The monoisotopic (exact) mass is 480 g/mol. The minimum absolute atomic E-state index is 0.0741. The molecule has 1 aromatic carbocycles. The first-order chi connectivity index (χ1) is 15.7. The average Bonchev–Trinajstić information content (AvgIpc) is 2.76. The van der Waals surface area contributed by atoms with Crippen LogP contribution in [0.25, 0.3) is 0 Å². The van der Waals surface area contributed by atoms with Crippen LogP contribution in [-0.2, 0) is 11.4 Å². The molecule has 1 aliphatic rings. The number of hydrogen-bond donors (Lipinski definition) is 1. The van der Waals surface area contributed by atoms with E-state index in [9.17, 15) is 18.1 Å². The maximum absolute atomic E-state index is 13.6. The quantitative estimate of drug-likeness (QED) is 0.570. The van der Waals surface area contributed by atoms with Gasteiger partial charge < -0.3 is 14.6 Å². The Labute approximate surface area is 196 Å². The van der Waals surface area contributed by atoms with Crippen LogP contribution in [0.5, 0.6) is 5.88 Å². The molecule has 0 aliphatic carbocycles. The van der Waals surface area contributed by atoms with Crippen LogP contribution >= 0.6 is 0 Å². The van der Waals surface area contributed by atoms with E-state index >= 15 is 0 Å². The number of aryl methyl sites for hydroxylation is 1. The van der Waals surface area contributed by atoms with E-state index in [-0.39, 0.29) is 23.5 Å². The number of nitrogens with one attached hydrogen (secondary N) is 1. The molecule has 1 aromatic heterocycles. The Bertz CT molecular complexity index is 953. The van der Waals surface area contributed by atoms with Crippen LogP contribution in [0.15, 0.2) is 36.4 Å². The number of piperidine rings is 1. The van der Waals surface area contributed by atoms with Gasteiger partial charge in [0.2, 0.25) is 5.88 Å². The molecule has 180 valence electrons. The summed E-state index contributed by atoms with van der Waals surface area (Å²) < 4.78 is 44.1. The summed E-state index contributed by atoms with van der Waals surface area (Å²) in [6.07, 6.45) is 2.91. The van der Waals surface area contributed by atoms with E-state index in [4.69, 9.17) is 0 Å². The van der Waals surface area contributed by atoms with Crippen LogP contribution in [0.4, 0.5) is 25.0 Å². The van der Waals surface area contributed by atoms with Gasteiger partial charge in [0, 0.05) is 41.9 Å². The lowest BCUT2D eigenvalue weighted by molar-refractivity contribution is -0.0523. The van der Waals surface area contributed by atoms with Crippen molar-refractivity contribution in [3.63, 3.8) is 0 Å². The maximum atomic E-state index is 13.6. The number of rotatable bonds is 7. The molecule has 2 heterocycles. The Morgan fingerprint density at radius 1 is 1.24 bits per heavy atom. The number of hydrogen-bond acceptors (Lipinski definition) is 5. The zero-order chi connectivity index (χ0) is 24.1. The number of ether oxygens (including phenoxy) is 1. The third kappa shape index (κ3) is 6.33. The lowest BCUT2D eigenvalue weighted by atomic mass is 9.97. The second-order valence-electron chi connectivity index (χ2n) is 8.28. The van der Waals surface area contributed by atoms with Gasteiger partial charge in [0.25, 0.3) is 0 Å². The molecule has 1 saturated heterocycles. The van der Waals surface area contributed by atoms with Gasteiger partial charge >= 0.3 is 12.6 Å². The average molecular weight is 481 g/mol. The Morgan fingerprint density at radius 2 is 1.91 bits per heavy atom. The van der Waals surface area contributed by atoms with Crippen molar-refractivity contribution in [3.05, 3.63) is 47.7 Å². The van der Waals surface area contributed by atoms with Crippen molar-refractivity contribution in [2.75, 3.05) is 29.6 Å². The fourth-order valence-electron chi connectivity index (χ4n) is 4.00. The van der Waals surface area contributed by atoms with Crippen molar-refractivity contribution in [2.24, 2.45) is 0 Å². The highest BCUT2D eigenvalue weighted by molar-refractivity contribution is 7.88. The van der Waals surface area contributed by atoms with Crippen molar-refractivity contribution < 1.29 is 22.9 Å². The number of alkyl halides is 2. The summed E-state index contributed by atoms with van der Waals surface area (Å²) >= 11 is -1.07. The Kier molecular flexibility index (Phi) is 8.50. The van der Waals surface area contributed by atoms with Gasteiger partial charge in [0.05, 0.1) is 0 Å². The number of anilines is 2. The fourth-order valence-corrected chi connectivity index (χ4v) is 4.73. The molecule has 0 radical (unpaired) electrons. The summed E-state index contributed by atoms with van der Waals surface area (Å²) in [5, 5.41) is 2.73. The zero-order valence-corrected chi connectivity index (χ0v) is 20.1. The molecule has 0 saturated carbocycles. The van der Waals surface area contributed by atoms with Crippen molar-refractivity contribution in [1.82, 2.24) is 9.29 Å². The minimum atomic E-state index is -3.06. The number of urea groups is 1. The highest BCUT2D eigenvalue weighted by Gasteiger charge is 2.33. The molecule has 1 atom stereocenters. The molecule has 7 nitrogen and oxygen atoms in total. The van der Waals surface area contributed by atoms with Gasteiger partial charge in [-0.25, -0.2) is 9.78 Å². The molecule has 1 N–H and O–H groups in total. The first-order valence-electron chi connectivity index (χ1n) is 10.9. The largest absolute Gasteiger partial charge is 0.598 e. The predicted octanol–water partition coefficient (Wildman–Crippen LogP) is 4.91. The van der Waals surface area contributed by atoms with Gasteiger partial charge in [-0.1, -0.05) is 32.0 Å². The lowest BCUT2D eigenvalue weighted by Crippen LogP contribution is -2.50. The molecule has 1 fully saturated rings. The van der Waals surface area contributed by atoms with E-state index in [0.717, 1.165) is 11.3 Å². The van der Waals surface area contributed by atoms with E-state index in [1.54, 1.807) is 24.1 Å². The van der Waals surface area contributed by atoms with Crippen LogP contribution in [0.2, 0.25) is 0 Å². The van der Waals surface area contributed by atoms with Gasteiger partial charge in [-0.2, -0.15) is 8.78 Å². The maximum Gasteiger partial charge on any atom is 0.388 e. The molecule has 2 aromatic rings. The molecule has 2 amide bonds. The van der Waals surface area contributed by atoms with Crippen LogP contribution in [0, 0.1) is 6.92 Å². The van der Waals surface area contributed by atoms with E-state index in [0.29, 0.717) is 31.6 Å². The number of benzene rings is 1. The van der Waals surface area contributed by atoms with Crippen molar-refractivity contribution in [3.8, 4) is 5.88 Å². The molecule has 10 heteroatoms. The second-order valence-corrected chi connectivity index (χ2v) is 9.65. The Balaban J connectivity index is 1.95. The number of pyridine rings is 1. The molecule has 1 unspecified atom stereocenters. The first kappa shape index (κ1) is 25.2. The number of aromatic nitrogens is 1. The number of nitrogens with zero attached hydrogens (tertiary/aromatic N) is 3. The SMILES string of the molecule is Cc1ccc(NC(=O)N(c2ccccc2C(C)C)C2CCN([S+](C)[O-])CC2)c(OC(F)F)n1. The normalized spacial score (nSPS) is 16.2. The smallest absolute Gasteiger partial charge is 0.388 e. The second kappa shape index (κ2) is 11.1. The van der Waals surface area contributed by atoms with Crippen LogP contribution in [0.1, 0.15) is 43.9 Å². The number of para-hydroxylation sites is 1. The number of amides is 2. The van der Waals surface area contributed by atoms with Gasteiger partial charge in [-0.15, -0.1) is 4.31 Å². The molecule has 33 heavy (non-hydrogen) atoms.